The van der Waals surface area contributed by atoms with Gasteiger partial charge in [0, 0.05) is 0 Å². The Balaban J connectivity index is 2.13. The van der Waals surface area contributed by atoms with Crippen LogP contribution in [0.25, 0.3) is 0 Å². The molecule has 11 heavy (non-hydrogen) atoms. The maximum absolute atomic E-state index is 11.1. The van der Waals surface area contributed by atoms with Crippen molar-refractivity contribution in [3.8, 4) is 0 Å². The Morgan fingerprint density at radius 2 is 2.27 bits per heavy atom. The van der Waals surface area contributed by atoms with Crippen LogP contribution in [0.5, 0.6) is 0 Å². The summed E-state index contributed by atoms with van der Waals surface area (Å²) in [5.74, 6) is -0.980. The summed E-state index contributed by atoms with van der Waals surface area (Å²) in [7, 11) is 0. The number of rotatable bonds is 1. The molecular weight excluding hydrogens is 146 g/mol. The first-order chi connectivity index (χ1) is 5.14. The highest BCUT2D eigenvalue weighted by Gasteiger charge is 2.57. The Labute approximate surface area is 63.6 Å². The van der Waals surface area contributed by atoms with E-state index in [1.165, 1.54) is 0 Å². The van der Waals surface area contributed by atoms with Gasteiger partial charge in [-0.15, -0.1) is 0 Å². The van der Waals surface area contributed by atoms with Crippen LogP contribution in [0.4, 0.5) is 0 Å². The van der Waals surface area contributed by atoms with E-state index in [1.54, 1.807) is 0 Å². The molecule has 1 saturated carbocycles. The van der Waals surface area contributed by atoms with Gasteiger partial charge in [-0.05, 0) is 19.3 Å². The van der Waals surface area contributed by atoms with Crippen molar-refractivity contribution in [2.75, 3.05) is 0 Å². The van der Waals surface area contributed by atoms with E-state index >= 15 is 0 Å². The molecule has 4 heteroatoms. The van der Waals surface area contributed by atoms with Crippen LogP contribution in [-0.2, 0) is 9.59 Å². The largest absolute Gasteiger partial charge is 0.480 e. The van der Waals surface area contributed by atoms with Crippen LogP contribution < -0.4 is 5.32 Å². The van der Waals surface area contributed by atoms with Crippen LogP contribution in [0, 0.1) is 5.41 Å². The molecule has 1 heterocycles. The van der Waals surface area contributed by atoms with Gasteiger partial charge in [0.2, 0.25) is 5.91 Å². The van der Waals surface area contributed by atoms with Crippen molar-refractivity contribution in [1.29, 1.82) is 0 Å². The molecule has 1 aliphatic carbocycles. The van der Waals surface area contributed by atoms with Gasteiger partial charge in [-0.2, -0.15) is 0 Å². The summed E-state index contributed by atoms with van der Waals surface area (Å²) in [5.41, 5.74) is -0.275. The Hall–Kier alpha value is -1.06. The number of carboxylic acid groups (broad SMARTS) is 1. The van der Waals surface area contributed by atoms with Gasteiger partial charge in [0.15, 0.2) is 0 Å². The minimum absolute atomic E-state index is 0.0649. The van der Waals surface area contributed by atoms with Crippen LogP contribution in [0.2, 0.25) is 0 Å². The number of amides is 1. The summed E-state index contributed by atoms with van der Waals surface area (Å²) in [6, 6.07) is -0.634. The summed E-state index contributed by atoms with van der Waals surface area (Å²) < 4.78 is 0. The zero-order valence-corrected chi connectivity index (χ0v) is 5.96. The standard InChI is InChI=1S/C7H9NO3/c9-5(10)4-3-7(1-2-7)6(11)8-4/h4H,1-3H2,(H,8,11)(H,9,10)/t4-/m1/s1. The monoisotopic (exact) mass is 155 g/mol. The van der Waals surface area contributed by atoms with Crippen molar-refractivity contribution in [3.63, 3.8) is 0 Å². The second kappa shape index (κ2) is 1.75. The fourth-order valence-electron chi connectivity index (χ4n) is 1.58. The predicted octanol–water partition coefficient (Wildman–Crippen LogP) is -0.260. The quantitative estimate of drug-likeness (QED) is 0.548. The molecule has 1 atom stereocenters. The number of hydrogen-bond acceptors (Lipinski definition) is 2. The molecule has 1 amide bonds. The number of hydrogen-bond donors (Lipinski definition) is 2. The Morgan fingerprint density at radius 1 is 1.64 bits per heavy atom. The molecule has 2 N–H and O–H groups in total. The van der Waals surface area contributed by atoms with Gasteiger partial charge >= 0.3 is 5.97 Å². The van der Waals surface area contributed by atoms with Crippen LogP contribution in [0.1, 0.15) is 19.3 Å². The average molecular weight is 155 g/mol. The third-order valence-electron chi connectivity index (χ3n) is 2.53. The van der Waals surface area contributed by atoms with Crippen LogP contribution >= 0.6 is 0 Å². The molecule has 2 rings (SSSR count). The van der Waals surface area contributed by atoms with Gasteiger partial charge in [0.25, 0.3) is 0 Å². The van der Waals surface area contributed by atoms with Crippen molar-refractivity contribution >= 4 is 11.9 Å². The molecule has 0 radical (unpaired) electrons. The molecule has 0 bridgehead atoms. The van der Waals surface area contributed by atoms with Crippen molar-refractivity contribution in [2.45, 2.75) is 25.3 Å². The van der Waals surface area contributed by atoms with E-state index in [2.05, 4.69) is 5.32 Å². The van der Waals surface area contributed by atoms with E-state index in [0.717, 1.165) is 12.8 Å². The van der Waals surface area contributed by atoms with Gasteiger partial charge < -0.3 is 10.4 Å². The van der Waals surface area contributed by atoms with Crippen LogP contribution in [0.3, 0.4) is 0 Å². The smallest absolute Gasteiger partial charge is 0.326 e. The maximum Gasteiger partial charge on any atom is 0.326 e. The van der Waals surface area contributed by atoms with Gasteiger partial charge in [0.1, 0.15) is 6.04 Å². The minimum atomic E-state index is -0.915. The van der Waals surface area contributed by atoms with Gasteiger partial charge in [-0.1, -0.05) is 0 Å². The first-order valence-electron chi connectivity index (χ1n) is 3.68. The molecule has 60 valence electrons. The zero-order chi connectivity index (χ0) is 8.06. The van der Waals surface area contributed by atoms with Gasteiger partial charge in [0.05, 0.1) is 5.41 Å². The van der Waals surface area contributed by atoms with E-state index < -0.39 is 12.0 Å². The molecule has 1 spiro atoms. The Kier molecular flexibility index (Phi) is 1.06. The third kappa shape index (κ3) is 0.818. The number of carbonyl (C=O) groups excluding carboxylic acids is 1. The molecule has 1 aliphatic heterocycles. The van der Waals surface area contributed by atoms with E-state index in [4.69, 9.17) is 5.11 Å². The SMILES string of the molecule is O=C(O)[C@H]1CC2(CC2)C(=O)N1. The van der Waals surface area contributed by atoms with Crippen LogP contribution in [-0.4, -0.2) is 23.0 Å². The van der Waals surface area contributed by atoms with E-state index in [9.17, 15) is 9.59 Å². The highest BCUT2D eigenvalue weighted by molar-refractivity contribution is 5.93. The lowest BCUT2D eigenvalue weighted by atomic mass is 10.0. The summed E-state index contributed by atoms with van der Waals surface area (Å²) in [6.07, 6.45) is 2.21. The molecule has 1 saturated heterocycles. The van der Waals surface area contributed by atoms with Crippen molar-refractivity contribution in [1.82, 2.24) is 5.32 Å². The zero-order valence-electron chi connectivity index (χ0n) is 5.96. The summed E-state index contributed by atoms with van der Waals surface area (Å²) in [4.78, 5) is 21.5. The summed E-state index contributed by atoms with van der Waals surface area (Å²) >= 11 is 0. The number of carboxylic acids is 1. The first kappa shape index (κ1) is 6.64. The minimum Gasteiger partial charge on any atom is -0.480 e. The lowest BCUT2D eigenvalue weighted by molar-refractivity contribution is -0.140. The first-order valence-corrected chi connectivity index (χ1v) is 3.68. The highest BCUT2D eigenvalue weighted by Crippen LogP contribution is 2.52. The predicted molar refractivity (Wildman–Crippen MR) is 35.9 cm³/mol. The third-order valence-corrected chi connectivity index (χ3v) is 2.53. The molecule has 0 aromatic heterocycles. The Bertz CT molecular complexity index is 232. The summed E-state index contributed by atoms with van der Waals surface area (Å²) in [5, 5.41) is 11.0. The van der Waals surface area contributed by atoms with Crippen molar-refractivity contribution in [2.24, 2.45) is 5.41 Å². The molecule has 0 aromatic rings. The maximum atomic E-state index is 11.1. The molecule has 0 unspecified atom stereocenters. The number of nitrogens with one attached hydrogen (secondary N) is 1. The second-order valence-corrected chi connectivity index (χ2v) is 3.35. The fraction of sp³-hybridized carbons (Fsp3) is 0.714. The normalized spacial score (nSPS) is 32.0. The topological polar surface area (TPSA) is 66.4 Å². The van der Waals surface area contributed by atoms with Crippen molar-refractivity contribution < 1.29 is 14.7 Å². The second-order valence-electron chi connectivity index (χ2n) is 3.35. The molecule has 4 nitrogen and oxygen atoms in total. The van der Waals surface area contributed by atoms with E-state index in [0.29, 0.717) is 6.42 Å². The molecular formula is C7H9NO3. The number of aliphatic carboxylic acids is 1. The molecule has 2 aliphatic rings. The van der Waals surface area contributed by atoms with E-state index in [1.807, 2.05) is 0 Å². The lowest BCUT2D eigenvalue weighted by Crippen LogP contribution is -2.32. The highest BCUT2D eigenvalue weighted by atomic mass is 16.4. The van der Waals surface area contributed by atoms with Gasteiger partial charge in [-0.3, -0.25) is 4.79 Å². The van der Waals surface area contributed by atoms with Crippen LogP contribution in [0.15, 0.2) is 0 Å². The number of carbonyl (C=O) groups is 2. The molecule has 0 aromatic carbocycles. The lowest BCUT2D eigenvalue weighted by Gasteiger charge is -2.00. The Morgan fingerprint density at radius 3 is 2.55 bits per heavy atom. The fourth-order valence-corrected chi connectivity index (χ4v) is 1.58. The van der Waals surface area contributed by atoms with Gasteiger partial charge in [-0.25, -0.2) is 4.79 Å². The summed E-state index contributed by atoms with van der Waals surface area (Å²) in [6.45, 7) is 0. The average Bonchev–Trinajstić information content (AvgIpc) is 2.59. The van der Waals surface area contributed by atoms with Crippen molar-refractivity contribution in [3.05, 3.63) is 0 Å². The van der Waals surface area contributed by atoms with E-state index in [-0.39, 0.29) is 11.3 Å². The molecule has 2 fully saturated rings.